The van der Waals surface area contributed by atoms with Gasteiger partial charge in [0.2, 0.25) is 5.78 Å². The Hall–Kier alpha value is -3.59. The minimum atomic E-state index is -0.302. The Labute approximate surface area is 203 Å². The zero-order valence-corrected chi connectivity index (χ0v) is 19.7. The van der Waals surface area contributed by atoms with Crippen LogP contribution < -0.4 is 0 Å². The van der Waals surface area contributed by atoms with Crippen LogP contribution in [0.25, 0.3) is 27.9 Å². The quantitative estimate of drug-likeness (QED) is 0.151. The van der Waals surface area contributed by atoms with Gasteiger partial charge in [-0.05, 0) is 48.0 Å². The number of nitriles is 1. The molecule has 2 heterocycles. The maximum atomic E-state index is 13.2. The Morgan fingerprint density at radius 1 is 1.09 bits per heavy atom. The number of fused-ring (bicyclic) bond motifs is 2. The fourth-order valence-electron chi connectivity index (χ4n) is 4.04. The lowest BCUT2D eigenvalue weighted by molar-refractivity contribution is 0.104. The van der Waals surface area contributed by atoms with Crippen molar-refractivity contribution in [2.75, 3.05) is 0 Å². The van der Waals surface area contributed by atoms with Crippen LogP contribution in [-0.2, 0) is 6.54 Å². The van der Waals surface area contributed by atoms with E-state index in [-0.39, 0.29) is 11.4 Å². The SMILES string of the molecule is N#C/C(=C\c1cn(Cc2ccc(Cl)cc2)c2ccc(Br)cc12)C(=O)c1c[nH]c2ccccc12. The zero-order valence-electron chi connectivity index (χ0n) is 17.3. The van der Waals surface area contributed by atoms with Crippen LogP contribution in [0.3, 0.4) is 0 Å². The summed E-state index contributed by atoms with van der Waals surface area (Å²) in [5, 5.41) is 12.3. The Kier molecular flexibility index (Phi) is 5.63. The van der Waals surface area contributed by atoms with E-state index in [9.17, 15) is 10.1 Å². The van der Waals surface area contributed by atoms with Crippen molar-refractivity contribution >= 4 is 61.2 Å². The van der Waals surface area contributed by atoms with Gasteiger partial charge in [-0.3, -0.25) is 4.79 Å². The van der Waals surface area contributed by atoms with E-state index >= 15 is 0 Å². The van der Waals surface area contributed by atoms with Crippen LogP contribution in [0.5, 0.6) is 0 Å². The number of ketones is 1. The predicted octanol–water partition coefficient (Wildman–Crippen LogP) is 7.38. The minimum absolute atomic E-state index is 0.0882. The number of aromatic amines is 1. The molecule has 33 heavy (non-hydrogen) atoms. The highest BCUT2D eigenvalue weighted by Crippen LogP contribution is 2.29. The first-order valence-electron chi connectivity index (χ1n) is 10.3. The lowest BCUT2D eigenvalue weighted by atomic mass is 10.0. The largest absolute Gasteiger partial charge is 0.360 e. The van der Waals surface area contributed by atoms with Crippen molar-refractivity contribution < 1.29 is 4.79 Å². The van der Waals surface area contributed by atoms with Crippen LogP contribution in [0.1, 0.15) is 21.5 Å². The molecule has 1 N–H and O–H groups in total. The summed E-state index contributed by atoms with van der Waals surface area (Å²) in [6, 6.07) is 23.4. The van der Waals surface area contributed by atoms with Gasteiger partial charge in [0.05, 0.1) is 0 Å². The van der Waals surface area contributed by atoms with Gasteiger partial charge in [-0.2, -0.15) is 5.26 Å². The number of nitrogens with zero attached hydrogens (tertiary/aromatic N) is 2. The number of benzene rings is 3. The number of rotatable bonds is 5. The molecule has 0 amide bonds. The van der Waals surface area contributed by atoms with Crippen LogP contribution in [0, 0.1) is 11.3 Å². The number of halogens is 2. The molecule has 3 aromatic carbocycles. The summed E-state index contributed by atoms with van der Waals surface area (Å²) < 4.78 is 3.04. The van der Waals surface area contributed by atoms with E-state index in [0.29, 0.717) is 17.1 Å². The average Bonchev–Trinajstić information content (AvgIpc) is 3.40. The molecule has 0 fully saturated rings. The van der Waals surface area contributed by atoms with Gasteiger partial charge in [0.15, 0.2) is 0 Å². The number of Topliss-reactive ketones (excluding diaryl/α,β-unsaturated/α-hetero) is 1. The highest BCUT2D eigenvalue weighted by molar-refractivity contribution is 9.10. The van der Waals surface area contributed by atoms with Crippen molar-refractivity contribution in [1.82, 2.24) is 9.55 Å². The number of carbonyl (C=O) groups is 1. The van der Waals surface area contributed by atoms with Crippen LogP contribution >= 0.6 is 27.5 Å². The minimum Gasteiger partial charge on any atom is -0.360 e. The molecule has 0 unspecified atom stereocenters. The van der Waals surface area contributed by atoms with E-state index in [0.717, 1.165) is 37.4 Å². The molecular weight excluding hydrogens is 498 g/mol. The molecule has 4 nitrogen and oxygen atoms in total. The second-order valence-corrected chi connectivity index (χ2v) is 9.10. The molecular formula is C27H17BrClN3O. The summed E-state index contributed by atoms with van der Waals surface area (Å²) in [4.78, 5) is 16.4. The van der Waals surface area contributed by atoms with Crippen LogP contribution in [0.15, 0.2) is 89.2 Å². The Morgan fingerprint density at radius 2 is 1.88 bits per heavy atom. The first-order valence-corrected chi connectivity index (χ1v) is 11.5. The number of nitrogens with one attached hydrogen (secondary N) is 1. The Balaban J connectivity index is 1.59. The first-order chi connectivity index (χ1) is 16.0. The second kappa shape index (κ2) is 8.74. The molecule has 0 spiro atoms. The zero-order chi connectivity index (χ0) is 22.9. The maximum absolute atomic E-state index is 13.2. The number of aromatic nitrogens is 2. The molecule has 0 aliphatic rings. The van der Waals surface area contributed by atoms with E-state index in [4.69, 9.17) is 11.6 Å². The van der Waals surface area contributed by atoms with Gasteiger partial charge in [-0.25, -0.2) is 0 Å². The van der Waals surface area contributed by atoms with E-state index in [1.807, 2.05) is 72.9 Å². The molecule has 2 aromatic heterocycles. The highest BCUT2D eigenvalue weighted by atomic mass is 79.9. The Morgan fingerprint density at radius 3 is 2.67 bits per heavy atom. The fourth-order valence-corrected chi connectivity index (χ4v) is 4.52. The molecule has 160 valence electrons. The average molecular weight is 515 g/mol. The molecule has 0 saturated carbocycles. The van der Waals surface area contributed by atoms with Crippen molar-refractivity contribution in [1.29, 1.82) is 5.26 Å². The van der Waals surface area contributed by atoms with Gasteiger partial charge in [0.1, 0.15) is 11.6 Å². The number of hydrogen-bond donors (Lipinski definition) is 1. The molecule has 6 heteroatoms. The van der Waals surface area contributed by atoms with E-state index in [2.05, 4.69) is 31.6 Å². The van der Waals surface area contributed by atoms with Crippen molar-refractivity contribution in [2.45, 2.75) is 6.54 Å². The van der Waals surface area contributed by atoms with Gasteiger partial charge in [-0.1, -0.05) is 57.9 Å². The van der Waals surface area contributed by atoms with E-state index in [1.54, 1.807) is 12.3 Å². The standard InChI is InChI=1S/C27H17BrClN3O/c28-20-7-10-26-23(12-20)19(16-32(26)15-17-5-8-21(29)9-6-17)11-18(13-30)27(33)24-14-31-25-4-2-1-3-22(24)25/h1-12,14,16,31H,15H2/b18-11+. The fraction of sp³-hybridized carbons (Fsp3) is 0.0370. The van der Waals surface area contributed by atoms with Crippen LogP contribution in [0.2, 0.25) is 5.02 Å². The summed E-state index contributed by atoms with van der Waals surface area (Å²) in [6.07, 6.45) is 5.32. The molecule has 0 radical (unpaired) electrons. The summed E-state index contributed by atoms with van der Waals surface area (Å²) in [7, 11) is 0. The predicted molar refractivity (Wildman–Crippen MR) is 136 cm³/mol. The van der Waals surface area contributed by atoms with Crippen molar-refractivity contribution in [2.24, 2.45) is 0 Å². The monoisotopic (exact) mass is 513 g/mol. The third-order valence-electron chi connectivity index (χ3n) is 5.64. The topological polar surface area (TPSA) is 61.6 Å². The molecule has 0 aliphatic heterocycles. The molecule has 5 aromatic rings. The van der Waals surface area contributed by atoms with Gasteiger partial charge < -0.3 is 9.55 Å². The summed E-state index contributed by atoms with van der Waals surface area (Å²) in [5.74, 6) is -0.302. The number of carbonyl (C=O) groups excluding carboxylic acids is 1. The van der Waals surface area contributed by atoms with Gasteiger partial charge in [0, 0.05) is 61.4 Å². The van der Waals surface area contributed by atoms with Crippen LogP contribution in [0.4, 0.5) is 0 Å². The number of allylic oxidation sites excluding steroid dienone is 1. The normalized spacial score (nSPS) is 11.7. The van der Waals surface area contributed by atoms with Crippen molar-refractivity contribution in [3.8, 4) is 6.07 Å². The van der Waals surface area contributed by atoms with Crippen molar-refractivity contribution in [3.05, 3.63) is 111 Å². The maximum Gasteiger partial charge on any atom is 0.205 e. The van der Waals surface area contributed by atoms with Gasteiger partial charge in [0.25, 0.3) is 0 Å². The lowest BCUT2D eigenvalue weighted by Crippen LogP contribution is -2.01. The van der Waals surface area contributed by atoms with Crippen molar-refractivity contribution in [3.63, 3.8) is 0 Å². The summed E-state index contributed by atoms with van der Waals surface area (Å²) >= 11 is 9.57. The molecule has 0 aliphatic carbocycles. The van der Waals surface area contributed by atoms with E-state index < -0.39 is 0 Å². The molecule has 5 rings (SSSR count). The smallest absolute Gasteiger partial charge is 0.205 e. The molecule has 0 bridgehead atoms. The number of H-pyrrole nitrogens is 1. The third-order valence-corrected chi connectivity index (χ3v) is 6.38. The van der Waals surface area contributed by atoms with Gasteiger partial charge in [-0.15, -0.1) is 0 Å². The molecule has 0 saturated heterocycles. The lowest BCUT2D eigenvalue weighted by Gasteiger charge is -2.06. The number of hydrogen-bond acceptors (Lipinski definition) is 2. The molecule has 0 atom stereocenters. The van der Waals surface area contributed by atoms with E-state index in [1.165, 1.54) is 0 Å². The number of para-hydroxylation sites is 1. The highest BCUT2D eigenvalue weighted by Gasteiger charge is 2.18. The second-order valence-electron chi connectivity index (χ2n) is 7.75. The first kappa shape index (κ1) is 21.3. The summed E-state index contributed by atoms with van der Waals surface area (Å²) in [5.41, 5.74) is 4.36. The van der Waals surface area contributed by atoms with Crippen LogP contribution in [-0.4, -0.2) is 15.3 Å². The third kappa shape index (κ3) is 4.11. The summed E-state index contributed by atoms with van der Waals surface area (Å²) in [6.45, 7) is 0.640. The Bertz CT molecular complexity index is 1590. The van der Waals surface area contributed by atoms with Gasteiger partial charge >= 0.3 is 0 Å².